The summed E-state index contributed by atoms with van der Waals surface area (Å²) in [7, 11) is 0. The first kappa shape index (κ1) is 25.9. The molecule has 2 aliphatic heterocycles. The normalized spacial score (nSPS) is 37.0. The van der Waals surface area contributed by atoms with Crippen molar-refractivity contribution in [1.82, 2.24) is 10.2 Å². The molecule has 5 aliphatic carbocycles. The molecule has 4 bridgehead atoms. The van der Waals surface area contributed by atoms with Crippen LogP contribution in [0.5, 0.6) is 11.5 Å². The highest BCUT2D eigenvalue weighted by molar-refractivity contribution is 5.82. The lowest BCUT2D eigenvalue weighted by Crippen LogP contribution is -2.80. The molecule has 39 heavy (non-hydrogen) atoms. The summed E-state index contributed by atoms with van der Waals surface area (Å²) in [6, 6.07) is 4.12. The maximum Gasteiger partial charge on any atom is 0.226 e. The number of nitrogens with one attached hydrogen (secondary N) is 1. The van der Waals surface area contributed by atoms with Gasteiger partial charge in [0, 0.05) is 30.1 Å². The average molecular weight is 535 g/mol. The van der Waals surface area contributed by atoms with Crippen LogP contribution in [0, 0.1) is 17.3 Å². The molecule has 3 fully saturated rings. The number of phenols is 1. The number of piperidine rings is 1. The van der Waals surface area contributed by atoms with Crippen LogP contribution in [0.4, 0.5) is 0 Å². The molecule has 1 aromatic carbocycles. The molecule has 2 spiro atoms. The number of ether oxygens (including phenoxy) is 1. The van der Waals surface area contributed by atoms with E-state index in [1.807, 2.05) is 6.08 Å². The summed E-state index contributed by atoms with van der Waals surface area (Å²) in [4.78, 5) is 16.5. The molecule has 0 radical (unpaired) electrons. The van der Waals surface area contributed by atoms with Gasteiger partial charge < -0.3 is 20.3 Å². The average Bonchev–Trinajstić information content (AvgIpc) is 3.67. The molecular formula is C33H46N2O4. The first-order valence-corrected chi connectivity index (χ1v) is 15.9. The number of unbranched alkanes of at least 4 members (excludes halogenated alkanes) is 7. The number of benzene rings is 1. The largest absolute Gasteiger partial charge is 0.504 e. The maximum atomic E-state index is 13.8. The Morgan fingerprint density at radius 3 is 2.64 bits per heavy atom. The Balaban J connectivity index is 1.13. The molecule has 6 heteroatoms. The molecule has 0 aromatic heterocycles. The number of amides is 1. The Morgan fingerprint density at radius 2 is 1.87 bits per heavy atom. The number of carbonyl (C=O) groups excluding carboxylic acids is 1. The molecule has 2 saturated carbocycles. The fourth-order valence-electron chi connectivity index (χ4n) is 9.38. The van der Waals surface area contributed by atoms with Crippen molar-refractivity contribution in [2.45, 2.75) is 114 Å². The summed E-state index contributed by atoms with van der Waals surface area (Å²) in [5, 5.41) is 26.4. The first-order chi connectivity index (χ1) is 18.9. The number of hydrogen-bond donors (Lipinski definition) is 3. The summed E-state index contributed by atoms with van der Waals surface area (Å²) >= 11 is 0. The van der Waals surface area contributed by atoms with Crippen LogP contribution in [-0.4, -0.2) is 58.4 Å². The van der Waals surface area contributed by atoms with Crippen LogP contribution >= 0.6 is 0 Å². The van der Waals surface area contributed by atoms with Crippen LogP contribution < -0.4 is 10.1 Å². The number of carbonyl (C=O) groups is 1. The molecule has 1 amide bonds. The highest BCUT2D eigenvalue weighted by Gasteiger charge is 2.79. The Hall–Kier alpha value is -2.05. The monoisotopic (exact) mass is 534 g/mol. The van der Waals surface area contributed by atoms with Crippen molar-refractivity contribution in [2.75, 3.05) is 19.6 Å². The fraction of sp³-hybridized carbons (Fsp3) is 0.727. The van der Waals surface area contributed by atoms with Gasteiger partial charge in [0.25, 0.3) is 0 Å². The number of aromatic hydroxyl groups is 1. The number of likely N-dealkylation sites (tertiary alicyclic amines) is 1. The predicted molar refractivity (Wildman–Crippen MR) is 151 cm³/mol. The van der Waals surface area contributed by atoms with Gasteiger partial charge in [-0.05, 0) is 62.6 Å². The van der Waals surface area contributed by atoms with Crippen LogP contribution in [0.2, 0.25) is 0 Å². The van der Waals surface area contributed by atoms with E-state index in [0.29, 0.717) is 18.7 Å². The van der Waals surface area contributed by atoms with Gasteiger partial charge in [-0.15, -0.1) is 0 Å². The van der Waals surface area contributed by atoms with Crippen LogP contribution in [0.3, 0.4) is 0 Å². The summed E-state index contributed by atoms with van der Waals surface area (Å²) < 4.78 is 6.60. The van der Waals surface area contributed by atoms with Gasteiger partial charge in [-0.3, -0.25) is 9.69 Å². The molecule has 3 N–H and O–H groups in total. The van der Waals surface area contributed by atoms with Crippen LogP contribution in [0.1, 0.15) is 95.1 Å². The maximum absolute atomic E-state index is 13.8. The fourth-order valence-corrected chi connectivity index (χ4v) is 9.38. The second kappa shape index (κ2) is 9.51. The molecule has 0 unspecified atom stereocenters. The van der Waals surface area contributed by atoms with E-state index in [0.717, 1.165) is 50.3 Å². The Kier molecular flexibility index (Phi) is 6.31. The molecule has 1 saturated heterocycles. The number of rotatable bonds is 12. The minimum Gasteiger partial charge on any atom is -0.504 e. The lowest BCUT2D eigenvalue weighted by Gasteiger charge is -2.70. The van der Waals surface area contributed by atoms with Gasteiger partial charge in [0.1, 0.15) is 11.7 Å². The lowest BCUT2D eigenvalue weighted by molar-refractivity contribution is -0.206. The van der Waals surface area contributed by atoms with E-state index in [9.17, 15) is 15.0 Å². The molecule has 6 nitrogen and oxygen atoms in total. The van der Waals surface area contributed by atoms with Crippen molar-refractivity contribution in [3.8, 4) is 11.5 Å². The van der Waals surface area contributed by atoms with Crippen LogP contribution in [0.15, 0.2) is 24.3 Å². The highest BCUT2D eigenvalue weighted by Crippen LogP contribution is 2.74. The van der Waals surface area contributed by atoms with Crippen molar-refractivity contribution in [3.05, 3.63) is 35.4 Å². The van der Waals surface area contributed by atoms with E-state index >= 15 is 0 Å². The Bertz CT molecular complexity index is 1160. The van der Waals surface area contributed by atoms with Gasteiger partial charge in [0.15, 0.2) is 11.5 Å². The third-order valence-corrected chi connectivity index (χ3v) is 11.4. The standard InChI is InChI=1S/C33H46N2O4/c1-2-3-4-5-6-7-8-9-17-34-29(37)24-20-31-14-15-33(24,38)30-32(31)16-18-35(21-22-10-11-22)26(31)19-23-12-13-25(36)28(39-30)27(23)32/h12-15,22,24,26,30,36,38H,2-11,16-21H2,1H3,(H,34,37)/t24-,26-,30-,31-,32+,33+/m1/s1. The molecule has 1 aromatic rings. The second-order valence-corrected chi connectivity index (χ2v) is 13.6. The molecule has 7 aliphatic rings. The third kappa shape index (κ3) is 3.69. The zero-order chi connectivity index (χ0) is 26.8. The first-order valence-electron chi connectivity index (χ1n) is 15.9. The summed E-state index contributed by atoms with van der Waals surface area (Å²) in [6.45, 7) is 5.02. The zero-order valence-electron chi connectivity index (χ0n) is 23.6. The summed E-state index contributed by atoms with van der Waals surface area (Å²) in [6.07, 6.45) is 18.6. The van der Waals surface area contributed by atoms with Gasteiger partial charge in [-0.25, -0.2) is 0 Å². The van der Waals surface area contributed by atoms with Gasteiger partial charge in [-0.2, -0.15) is 0 Å². The smallest absolute Gasteiger partial charge is 0.226 e. The topological polar surface area (TPSA) is 82.0 Å². The molecule has 6 atom stereocenters. The number of aliphatic hydroxyl groups is 1. The van der Waals surface area contributed by atoms with Crippen molar-refractivity contribution in [1.29, 1.82) is 0 Å². The number of hydrogen-bond acceptors (Lipinski definition) is 5. The minimum absolute atomic E-state index is 0.0413. The second-order valence-electron chi connectivity index (χ2n) is 13.6. The quantitative estimate of drug-likeness (QED) is 0.260. The van der Waals surface area contributed by atoms with Crippen LogP contribution in [-0.2, 0) is 16.6 Å². The van der Waals surface area contributed by atoms with Gasteiger partial charge >= 0.3 is 0 Å². The van der Waals surface area contributed by atoms with E-state index in [1.54, 1.807) is 6.07 Å². The van der Waals surface area contributed by atoms with E-state index < -0.39 is 23.0 Å². The van der Waals surface area contributed by atoms with Gasteiger partial charge in [-0.1, -0.05) is 70.1 Å². The molecule has 2 heterocycles. The van der Waals surface area contributed by atoms with E-state index in [4.69, 9.17) is 4.74 Å². The van der Waals surface area contributed by atoms with E-state index in [-0.39, 0.29) is 23.1 Å². The predicted octanol–water partition coefficient (Wildman–Crippen LogP) is 5.00. The van der Waals surface area contributed by atoms with Gasteiger partial charge in [0.2, 0.25) is 5.91 Å². The SMILES string of the molecule is CCCCCCCCCCNC(=O)[C@H]1C[C@@]23C=C[C@@]1(O)[C@@H]1Oc4c(O)ccc5c4[C@@]12CCN(CC1CC1)[C@@H]3C5. The number of nitrogens with zero attached hydrogens (tertiary/aromatic N) is 1. The minimum atomic E-state index is -1.38. The third-order valence-electron chi connectivity index (χ3n) is 11.4. The van der Waals surface area contributed by atoms with E-state index in [1.165, 1.54) is 56.9 Å². The van der Waals surface area contributed by atoms with E-state index in [2.05, 4.69) is 29.3 Å². The lowest BCUT2D eigenvalue weighted by atomic mass is 9.37. The molecular weight excluding hydrogens is 488 g/mol. The van der Waals surface area contributed by atoms with Crippen molar-refractivity contribution in [3.63, 3.8) is 0 Å². The summed E-state index contributed by atoms with van der Waals surface area (Å²) in [5.74, 6) is 0.918. The van der Waals surface area contributed by atoms with Crippen molar-refractivity contribution < 1.29 is 19.7 Å². The molecule has 212 valence electrons. The van der Waals surface area contributed by atoms with Crippen LogP contribution in [0.25, 0.3) is 0 Å². The Labute approximate surface area is 233 Å². The molecule has 8 rings (SSSR count). The summed E-state index contributed by atoms with van der Waals surface area (Å²) in [5.41, 5.74) is 0.324. The number of fused-ring (bicyclic) bond motifs is 1. The van der Waals surface area contributed by atoms with Gasteiger partial charge in [0.05, 0.1) is 11.3 Å². The van der Waals surface area contributed by atoms with Crippen molar-refractivity contribution >= 4 is 5.91 Å². The highest BCUT2D eigenvalue weighted by atomic mass is 16.5. The zero-order valence-corrected chi connectivity index (χ0v) is 23.6. The van der Waals surface area contributed by atoms with Crippen molar-refractivity contribution in [2.24, 2.45) is 17.3 Å². The number of phenolic OH excluding ortho intramolecular Hbond substituents is 1. The Morgan fingerprint density at radius 1 is 1.10 bits per heavy atom.